The van der Waals surface area contributed by atoms with Crippen LogP contribution >= 0.6 is 0 Å². The van der Waals surface area contributed by atoms with Crippen LogP contribution in [0.5, 0.6) is 5.75 Å². The van der Waals surface area contributed by atoms with Crippen molar-refractivity contribution in [3.05, 3.63) is 41.7 Å². The van der Waals surface area contributed by atoms with Gasteiger partial charge in [0, 0.05) is 12.3 Å². The van der Waals surface area contributed by atoms with Crippen molar-refractivity contribution < 1.29 is 27.1 Å². The van der Waals surface area contributed by atoms with Crippen molar-refractivity contribution in [1.29, 1.82) is 0 Å². The van der Waals surface area contributed by atoms with Crippen LogP contribution < -0.4 is 10.1 Å². The Morgan fingerprint density at radius 3 is 2.71 bits per heavy atom. The van der Waals surface area contributed by atoms with Crippen molar-refractivity contribution in [1.82, 2.24) is 5.32 Å². The van der Waals surface area contributed by atoms with Gasteiger partial charge in [0.25, 0.3) is 0 Å². The molecule has 3 rings (SSSR count). The molecular formula is C23H30FNO5S. The van der Waals surface area contributed by atoms with Crippen molar-refractivity contribution in [2.75, 3.05) is 18.1 Å². The number of hydrogen-bond donors (Lipinski definition) is 1. The van der Waals surface area contributed by atoms with E-state index in [0.717, 1.165) is 18.4 Å². The lowest BCUT2D eigenvalue weighted by atomic mass is 9.95. The number of allylic oxidation sites excluding steroid dienone is 2. The first-order valence-electron chi connectivity index (χ1n) is 10.8. The van der Waals surface area contributed by atoms with E-state index in [2.05, 4.69) is 5.32 Å². The van der Waals surface area contributed by atoms with Gasteiger partial charge in [-0.05, 0) is 61.6 Å². The normalized spacial score (nSPS) is 20.6. The molecule has 0 radical (unpaired) electrons. The Balaban J connectivity index is 1.45. The van der Waals surface area contributed by atoms with Gasteiger partial charge in [0.15, 0.2) is 21.4 Å². The van der Waals surface area contributed by atoms with E-state index in [0.29, 0.717) is 38.2 Å². The molecule has 2 amide bonds. The molecule has 170 valence electrons. The fourth-order valence-electron chi connectivity index (χ4n) is 3.58. The first-order chi connectivity index (χ1) is 14.7. The molecule has 1 aromatic carbocycles. The lowest BCUT2D eigenvalue weighted by Gasteiger charge is -2.19. The Morgan fingerprint density at radius 2 is 2.00 bits per heavy atom. The number of sulfone groups is 1. The van der Waals surface area contributed by atoms with Crippen LogP contribution in [0.1, 0.15) is 56.9 Å². The summed E-state index contributed by atoms with van der Waals surface area (Å²) in [7, 11) is -3.30. The predicted molar refractivity (Wildman–Crippen MR) is 116 cm³/mol. The lowest BCUT2D eigenvalue weighted by molar-refractivity contribution is -0.136. The minimum atomic E-state index is -3.30. The van der Waals surface area contributed by atoms with Crippen molar-refractivity contribution in [2.45, 2.75) is 51.4 Å². The number of ether oxygens (including phenoxy) is 1. The molecule has 1 N–H and O–H groups in total. The van der Waals surface area contributed by atoms with Crippen LogP contribution in [0, 0.1) is 17.7 Å². The van der Waals surface area contributed by atoms with Crippen LogP contribution in [0.3, 0.4) is 0 Å². The van der Waals surface area contributed by atoms with Crippen LogP contribution in [0.2, 0.25) is 0 Å². The van der Waals surface area contributed by atoms with Crippen LogP contribution in [0.4, 0.5) is 4.39 Å². The van der Waals surface area contributed by atoms with E-state index in [-0.39, 0.29) is 40.9 Å². The maximum Gasteiger partial charge on any atom is 0.229 e. The smallest absolute Gasteiger partial charge is 0.229 e. The van der Waals surface area contributed by atoms with Crippen LogP contribution in [-0.4, -0.2) is 38.3 Å². The van der Waals surface area contributed by atoms with Gasteiger partial charge in [0.1, 0.15) is 0 Å². The number of rotatable bonds is 11. The predicted octanol–water partition coefficient (Wildman–Crippen LogP) is 3.52. The standard InChI is InChI=1S/C23H30FNO5S/c1-16(19-8-10-20(24)21(13-19)30-14-17-6-7-17)15-31(28,29)12-4-2-3-5-18-9-11-22(26)25-23(18)27/h2-3,8,10,13,16-18H,4-7,9,11-12,14-15H2,1H3,(H,25,26,27)/t16-,18?/m0/s1. The van der Waals surface area contributed by atoms with Crippen LogP contribution in [0.25, 0.3) is 0 Å². The zero-order valence-electron chi connectivity index (χ0n) is 17.8. The molecule has 1 aliphatic heterocycles. The van der Waals surface area contributed by atoms with E-state index < -0.39 is 15.7 Å². The average Bonchev–Trinajstić information content (AvgIpc) is 3.52. The highest BCUT2D eigenvalue weighted by Crippen LogP contribution is 2.31. The zero-order valence-corrected chi connectivity index (χ0v) is 18.6. The lowest BCUT2D eigenvalue weighted by Crippen LogP contribution is -2.40. The van der Waals surface area contributed by atoms with E-state index in [1.165, 1.54) is 6.07 Å². The molecule has 1 saturated carbocycles. The van der Waals surface area contributed by atoms with Crippen molar-refractivity contribution in [3.8, 4) is 5.75 Å². The third-order valence-electron chi connectivity index (χ3n) is 5.74. The molecule has 0 aromatic heterocycles. The van der Waals surface area contributed by atoms with Crippen molar-refractivity contribution in [2.24, 2.45) is 11.8 Å². The maximum atomic E-state index is 14.0. The van der Waals surface area contributed by atoms with Gasteiger partial charge in [0.2, 0.25) is 11.8 Å². The molecule has 8 heteroatoms. The Kier molecular flexibility index (Phi) is 7.86. The van der Waals surface area contributed by atoms with E-state index in [9.17, 15) is 22.4 Å². The molecule has 2 atom stereocenters. The van der Waals surface area contributed by atoms with E-state index in [1.807, 2.05) is 13.0 Å². The number of halogens is 1. The molecular weight excluding hydrogens is 421 g/mol. The number of hydrogen-bond acceptors (Lipinski definition) is 5. The van der Waals surface area contributed by atoms with Gasteiger partial charge in [-0.15, -0.1) is 0 Å². The third kappa shape index (κ3) is 7.45. The Labute approximate surface area is 183 Å². The summed E-state index contributed by atoms with van der Waals surface area (Å²) in [6.07, 6.45) is 7.52. The number of amides is 2. The number of carbonyl (C=O) groups is 2. The molecule has 1 aromatic rings. The highest BCUT2D eigenvalue weighted by Gasteiger charge is 2.25. The molecule has 1 saturated heterocycles. The Morgan fingerprint density at radius 1 is 1.23 bits per heavy atom. The SMILES string of the molecule is C[C@@H](CS(=O)(=O)CCC=CCC1CCC(=O)NC1=O)c1ccc(F)c(OCC2CC2)c1. The van der Waals surface area contributed by atoms with Crippen molar-refractivity contribution >= 4 is 21.7 Å². The summed E-state index contributed by atoms with van der Waals surface area (Å²) in [6.45, 7) is 2.31. The van der Waals surface area contributed by atoms with Gasteiger partial charge in [-0.25, -0.2) is 12.8 Å². The van der Waals surface area contributed by atoms with E-state index in [1.54, 1.807) is 18.2 Å². The van der Waals surface area contributed by atoms with E-state index >= 15 is 0 Å². The van der Waals surface area contributed by atoms with Gasteiger partial charge < -0.3 is 4.74 Å². The topological polar surface area (TPSA) is 89.5 Å². The third-order valence-corrected chi connectivity index (χ3v) is 7.60. The number of nitrogens with one attached hydrogen (secondary N) is 1. The van der Waals surface area contributed by atoms with Gasteiger partial charge in [0.05, 0.1) is 18.1 Å². The summed E-state index contributed by atoms with van der Waals surface area (Å²) in [6, 6.07) is 4.55. The molecule has 0 bridgehead atoms. The molecule has 2 fully saturated rings. The first kappa shape index (κ1) is 23.4. The molecule has 1 aliphatic carbocycles. The highest BCUT2D eigenvalue weighted by molar-refractivity contribution is 7.91. The van der Waals surface area contributed by atoms with Crippen LogP contribution in [-0.2, 0) is 19.4 Å². The number of benzene rings is 1. The molecule has 31 heavy (non-hydrogen) atoms. The average molecular weight is 452 g/mol. The largest absolute Gasteiger partial charge is 0.490 e. The maximum absolute atomic E-state index is 14.0. The molecule has 2 aliphatic rings. The second kappa shape index (κ2) is 10.4. The van der Waals surface area contributed by atoms with Gasteiger partial charge in [-0.2, -0.15) is 0 Å². The monoisotopic (exact) mass is 451 g/mol. The van der Waals surface area contributed by atoms with Gasteiger partial charge in [-0.3, -0.25) is 14.9 Å². The van der Waals surface area contributed by atoms with E-state index in [4.69, 9.17) is 4.74 Å². The second-order valence-electron chi connectivity index (χ2n) is 8.60. The quantitative estimate of drug-likeness (QED) is 0.411. The number of imide groups is 1. The minimum absolute atomic E-state index is 0.00935. The summed E-state index contributed by atoms with van der Waals surface area (Å²) in [5, 5.41) is 2.32. The zero-order chi connectivity index (χ0) is 22.4. The fourth-order valence-corrected chi connectivity index (χ4v) is 5.20. The van der Waals surface area contributed by atoms with Crippen LogP contribution in [0.15, 0.2) is 30.4 Å². The summed E-state index contributed by atoms with van der Waals surface area (Å²) in [5.74, 6) is -0.775. The Hall–Kier alpha value is -2.22. The molecule has 1 heterocycles. The van der Waals surface area contributed by atoms with Crippen molar-refractivity contribution in [3.63, 3.8) is 0 Å². The van der Waals surface area contributed by atoms with Gasteiger partial charge >= 0.3 is 0 Å². The molecule has 6 nitrogen and oxygen atoms in total. The minimum Gasteiger partial charge on any atom is -0.490 e. The highest BCUT2D eigenvalue weighted by atomic mass is 32.2. The fraction of sp³-hybridized carbons (Fsp3) is 0.565. The first-order valence-corrected chi connectivity index (χ1v) is 12.7. The molecule has 1 unspecified atom stereocenters. The Bertz CT molecular complexity index is 939. The number of piperidine rings is 1. The summed E-state index contributed by atoms with van der Waals surface area (Å²) in [5.41, 5.74) is 0.740. The second-order valence-corrected chi connectivity index (χ2v) is 10.8. The number of carbonyl (C=O) groups excluding carboxylic acids is 2. The summed E-state index contributed by atoms with van der Waals surface area (Å²) >= 11 is 0. The summed E-state index contributed by atoms with van der Waals surface area (Å²) < 4.78 is 44.5. The summed E-state index contributed by atoms with van der Waals surface area (Å²) in [4.78, 5) is 22.9. The van der Waals surface area contributed by atoms with Gasteiger partial charge in [-0.1, -0.05) is 25.1 Å². The molecule has 0 spiro atoms.